The van der Waals surface area contributed by atoms with Crippen molar-refractivity contribution in [2.75, 3.05) is 6.54 Å². The third-order valence-electron chi connectivity index (χ3n) is 4.43. The number of nitrogens with zero attached hydrogens (tertiary/aromatic N) is 1. The smallest absolute Gasteiger partial charge is 0.290 e. The molecule has 26 heavy (non-hydrogen) atoms. The van der Waals surface area contributed by atoms with E-state index >= 15 is 0 Å². The summed E-state index contributed by atoms with van der Waals surface area (Å²) in [4.78, 5) is 26.0. The molecule has 0 aromatic heterocycles. The van der Waals surface area contributed by atoms with Crippen LogP contribution in [0.3, 0.4) is 0 Å². The molecular weight excluding hydrogens is 357 g/mol. The molecule has 0 aliphatic carbocycles. The molecule has 3 rings (SSSR count). The minimum atomic E-state index is -0.838. The average molecular weight is 374 g/mol. The summed E-state index contributed by atoms with van der Waals surface area (Å²) < 4.78 is 13.9. The molecule has 2 aromatic rings. The summed E-state index contributed by atoms with van der Waals surface area (Å²) in [5, 5.41) is 10.1. The van der Waals surface area contributed by atoms with Gasteiger partial charge in [-0.05, 0) is 36.6 Å². The van der Waals surface area contributed by atoms with Crippen molar-refractivity contribution in [3.8, 4) is 0 Å². The number of rotatable bonds is 5. The minimum absolute atomic E-state index is 0.0233. The molecule has 0 spiro atoms. The van der Waals surface area contributed by atoms with Gasteiger partial charge in [0, 0.05) is 6.54 Å². The molecule has 1 heterocycles. The van der Waals surface area contributed by atoms with E-state index in [9.17, 15) is 19.1 Å². The number of benzene rings is 2. The number of halogens is 2. The van der Waals surface area contributed by atoms with E-state index in [0.29, 0.717) is 12.0 Å². The van der Waals surface area contributed by atoms with Crippen molar-refractivity contribution >= 4 is 23.3 Å². The van der Waals surface area contributed by atoms with Crippen molar-refractivity contribution in [2.24, 2.45) is 0 Å². The predicted octanol–water partition coefficient (Wildman–Crippen LogP) is 4.01. The number of ketones is 1. The predicted molar refractivity (Wildman–Crippen MR) is 96.3 cm³/mol. The normalized spacial score (nSPS) is 17.1. The zero-order valence-electron chi connectivity index (χ0n) is 14.1. The number of hydrogen-bond donors (Lipinski definition) is 1. The van der Waals surface area contributed by atoms with Crippen LogP contribution in [0.25, 0.3) is 0 Å². The molecule has 2 aromatic carbocycles. The Morgan fingerprint density at radius 1 is 1.23 bits per heavy atom. The van der Waals surface area contributed by atoms with Gasteiger partial charge in [-0.25, -0.2) is 4.39 Å². The fourth-order valence-corrected chi connectivity index (χ4v) is 3.28. The Balaban J connectivity index is 1.97. The van der Waals surface area contributed by atoms with Crippen LogP contribution in [0.1, 0.15) is 24.1 Å². The van der Waals surface area contributed by atoms with Crippen LogP contribution >= 0.6 is 11.6 Å². The summed E-state index contributed by atoms with van der Waals surface area (Å²) >= 11 is 5.74. The Kier molecular flexibility index (Phi) is 5.09. The van der Waals surface area contributed by atoms with Crippen LogP contribution in [0, 0.1) is 5.82 Å². The number of carbonyl (C=O) groups excluding carboxylic acids is 2. The molecule has 0 radical (unpaired) electrons. The largest absolute Gasteiger partial charge is 0.503 e. The van der Waals surface area contributed by atoms with Gasteiger partial charge in [0.2, 0.25) is 0 Å². The molecule has 6 heteroatoms. The molecule has 0 fully saturated rings. The highest BCUT2D eigenvalue weighted by Gasteiger charge is 2.42. The Bertz CT molecular complexity index is 895. The summed E-state index contributed by atoms with van der Waals surface area (Å²) in [6.07, 6.45) is 0.539. The first-order valence-electron chi connectivity index (χ1n) is 8.14. The second kappa shape index (κ2) is 7.30. The monoisotopic (exact) mass is 373 g/mol. The lowest BCUT2D eigenvalue weighted by Gasteiger charge is -2.26. The first-order chi connectivity index (χ1) is 12.4. The van der Waals surface area contributed by atoms with Gasteiger partial charge in [-0.3, -0.25) is 9.59 Å². The molecule has 0 saturated carbocycles. The number of hydrogen-bond acceptors (Lipinski definition) is 3. The molecule has 0 saturated heterocycles. The van der Waals surface area contributed by atoms with Crippen LogP contribution in [0.15, 0.2) is 59.9 Å². The minimum Gasteiger partial charge on any atom is -0.503 e. The first kappa shape index (κ1) is 18.1. The van der Waals surface area contributed by atoms with Gasteiger partial charge in [-0.1, -0.05) is 48.0 Å². The van der Waals surface area contributed by atoms with E-state index in [2.05, 4.69) is 0 Å². The van der Waals surface area contributed by atoms with Crippen LogP contribution in [-0.2, 0) is 16.0 Å². The van der Waals surface area contributed by atoms with Gasteiger partial charge < -0.3 is 10.0 Å². The Morgan fingerprint density at radius 3 is 2.54 bits per heavy atom. The van der Waals surface area contributed by atoms with Gasteiger partial charge >= 0.3 is 0 Å². The van der Waals surface area contributed by atoms with Crippen molar-refractivity contribution in [1.29, 1.82) is 0 Å². The number of amides is 1. The van der Waals surface area contributed by atoms with Crippen LogP contribution < -0.4 is 0 Å². The van der Waals surface area contributed by atoms with Gasteiger partial charge in [0.1, 0.15) is 5.82 Å². The molecule has 4 nitrogen and oxygen atoms in total. The summed E-state index contributed by atoms with van der Waals surface area (Å²) in [5.41, 5.74) is 1.38. The van der Waals surface area contributed by atoms with E-state index in [0.717, 1.165) is 5.56 Å². The third-order valence-corrected chi connectivity index (χ3v) is 4.73. The summed E-state index contributed by atoms with van der Waals surface area (Å²) in [6.45, 7) is 1.55. The van der Waals surface area contributed by atoms with Crippen molar-refractivity contribution < 1.29 is 19.1 Å². The second-order valence-corrected chi connectivity index (χ2v) is 6.54. The van der Waals surface area contributed by atoms with E-state index < -0.39 is 29.3 Å². The Morgan fingerprint density at radius 2 is 1.92 bits per heavy atom. The molecule has 1 unspecified atom stereocenters. The molecule has 1 amide bonds. The maximum Gasteiger partial charge on any atom is 0.290 e. The molecular formula is C20H17ClFNO3. The standard InChI is InChI=1S/C20H17ClFNO3/c1-12(24)17-18(14-7-8-15(21)16(22)11-14)23(20(26)19(17)25)10-9-13-5-3-2-4-6-13/h2-8,11,18,25H,9-10H2,1H3. The lowest BCUT2D eigenvalue weighted by atomic mass is 9.96. The van der Waals surface area contributed by atoms with Crippen LogP contribution in [0.4, 0.5) is 4.39 Å². The molecule has 1 N–H and O–H groups in total. The number of aliphatic hydroxyl groups is 1. The second-order valence-electron chi connectivity index (χ2n) is 6.13. The number of aliphatic hydroxyl groups excluding tert-OH is 1. The number of Topliss-reactive ketones (excluding diaryl/α,β-unsaturated/α-hetero) is 1. The highest BCUT2D eigenvalue weighted by Crippen LogP contribution is 2.38. The van der Waals surface area contributed by atoms with Crippen molar-refractivity contribution in [2.45, 2.75) is 19.4 Å². The molecule has 1 atom stereocenters. The summed E-state index contributed by atoms with van der Waals surface area (Å²) in [5.74, 6) is -2.29. The van der Waals surface area contributed by atoms with Crippen molar-refractivity contribution in [3.05, 3.63) is 81.8 Å². The number of carbonyl (C=O) groups is 2. The zero-order valence-corrected chi connectivity index (χ0v) is 14.8. The Hall–Kier alpha value is -2.66. The molecule has 1 aliphatic rings. The van der Waals surface area contributed by atoms with Gasteiger partial charge in [0.05, 0.1) is 16.6 Å². The van der Waals surface area contributed by atoms with Crippen molar-refractivity contribution in [1.82, 2.24) is 4.90 Å². The summed E-state index contributed by atoms with van der Waals surface area (Å²) in [6, 6.07) is 12.8. The fraction of sp³-hybridized carbons (Fsp3) is 0.200. The third kappa shape index (κ3) is 3.35. The molecule has 1 aliphatic heterocycles. The van der Waals surface area contributed by atoms with E-state index in [1.165, 1.54) is 24.0 Å². The topological polar surface area (TPSA) is 57.6 Å². The first-order valence-corrected chi connectivity index (χ1v) is 8.52. The van der Waals surface area contributed by atoms with Crippen LogP contribution in [0.2, 0.25) is 5.02 Å². The highest BCUT2D eigenvalue weighted by molar-refractivity contribution is 6.30. The lowest BCUT2D eigenvalue weighted by molar-refractivity contribution is -0.129. The summed E-state index contributed by atoms with van der Waals surface area (Å²) in [7, 11) is 0. The average Bonchev–Trinajstić information content (AvgIpc) is 2.88. The van der Waals surface area contributed by atoms with Gasteiger partial charge in [-0.15, -0.1) is 0 Å². The van der Waals surface area contributed by atoms with E-state index in [4.69, 9.17) is 11.6 Å². The Labute approximate surface area is 155 Å². The maximum atomic E-state index is 13.9. The quantitative estimate of drug-likeness (QED) is 0.861. The molecule has 0 bridgehead atoms. The van der Waals surface area contributed by atoms with E-state index in [-0.39, 0.29) is 17.1 Å². The lowest BCUT2D eigenvalue weighted by Crippen LogP contribution is -2.33. The van der Waals surface area contributed by atoms with E-state index in [1.54, 1.807) is 6.07 Å². The highest BCUT2D eigenvalue weighted by atomic mass is 35.5. The fourth-order valence-electron chi connectivity index (χ4n) is 3.17. The van der Waals surface area contributed by atoms with Crippen LogP contribution in [0.5, 0.6) is 0 Å². The van der Waals surface area contributed by atoms with Gasteiger partial charge in [0.25, 0.3) is 5.91 Å². The SMILES string of the molecule is CC(=O)C1=C(O)C(=O)N(CCc2ccccc2)C1c1ccc(Cl)c(F)c1. The molecule has 134 valence electrons. The van der Waals surface area contributed by atoms with E-state index in [1.807, 2.05) is 30.3 Å². The van der Waals surface area contributed by atoms with Gasteiger partial charge in [-0.2, -0.15) is 0 Å². The maximum absolute atomic E-state index is 13.9. The van der Waals surface area contributed by atoms with Gasteiger partial charge in [0.15, 0.2) is 11.5 Å². The van der Waals surface area contributed by atoms with Crippen LogP contribution in [-0.4, -0.2) is 28.2 Å². The zero-order chi connectivity index (χ0) is 18.8. The van der Waals surface area contributed by atoms with Crippen molar-refractivity contribution in [3.63, 3.8) is 0 Å².